The number of hydrogen-bond acceptors (Lipinski definition) is 6. The number of rotatable bonds is 37. The lowest BCUT2D eigenvalue weighted by atomic mass is 10.0. The van der Waals surface area contributed by atoms with Crippen molar-refractivity contribution in [1.82, 2.24) is 5.32 Å². The van der Waals surface area contributed by atoms with E-state index in [1.807, 2.05) is 21.1 Å². The third-order valence-electron chi connectivity index (χ3n) is 9.35. The van der Waals surface area contributed by atoms with Crippen LogP contribution in [0.25, 0.3) is 0 Å². The van der Waals surface area contributed by atoms with Gasteiger partial charge >= 0.3 is 0 Å². The molecule has 1 amide bonds. The molecule has 0 radical (unpaired) electrons. The summed E-state index contributed by atoms with van der Waals surface area (Å²) < 4.78 is 23.2. The predicted molar refractivity (Wildman–Crippen MR) is 201 cm³/mol. The first kappa shape index (κ1) is 47.5. The molecule has 0 saturated heterocycles. The van der Waals surface area contributed by atoms with Gasteiger partial charge in [0.15, 0.2) is 0 Å². The summed E-state index contributed by atoms with van der Waals surface area (Å²) in [5.41, 5.74) is 0. The molecule has 0 aliphatic rings. The quantitative estimate of drug-likeness (QED) is 0.0379. The standard InChI is InChI=1S/C39H81N2O6P/c1-6-8-10-12-14-16-18-19-20-21-23-24-26-28-30-32-38(42)37(36-47-48(44,45)46-35-34-41(3,4)5)40-39(43)33-31-29-27-25-22-17-15-13-11-9-7-2/h37-38,42H,6-36H2,1-5H3,(H-,40,43,44,45)/t37-,38+/m0/s1. The first-order valence-electron chi connectivity index (χ1n) is 20.4. The summed E-state index contributed by atoms with van der Waals surface area (Å²) in [6, 6.07) is -0.791. The van der Waals surface area contributed by atoms with Crippen LogP contribution in [0.15, 0.2) is 0 Å². The molecule has 0 aromatic carbocycles. The highest BCUT2D eigenvalue weighted by Gasteiger charge is 2.24. The highest BCUT2D eigenvalue weighted by Crippen LogP contribution is 2.38. The molecular formula is C39H81N2O6P. The number of phosphoric acid groups is 1. The van der Waals surface area contributed by atoms with Gasteiger partial charge in [0, 0.05) is 6.42 Å². The van der Waals surface area contributed by atoms with Gasteiger partial charge in [-0.05, 0) is 12.8 Å². The molecule has 288 valence electrons. The number of likely N-dealkylation sites (N-methyl/N-ethyl adjacent to an activating group) is 1. The molecule has 0 spiro atoms. The Morgan fingerprint density at radius 3 is 1.42 bits per heavy atom. The Morgan fingerprint density at radius 1 is 0.646 bits per heavy atom. The molecular weight excluding hydrogens is 623 g/mol. The number of phosphoric ester groups is 1. The van der Waals surface area contributed by atoms with Gasteiger partial charge in [0.2, 0.25) is 5.91 Å². The zero-order chi connectivity index (χ0) is 35.8. The van der Waals surface area contributed by atoms with Crippen LogP contribution in [0.3, 0.4) is 0 Å². The van der Waals surface area contributed by atoms with Gasteiger partial charge in [-0.25, -0.2) is 0 Å². The van der Waals surface area contributed by atoms with E-state index < -0.39 is 20.0 Å². The number of carbonyl (C=O) groups is 1. The van der Waals surface area contributed by atoms with E-state index in [9.17, 15) is 19.4 Å². The van der Waals surface area contributed by atoms with Crippen molar-refractivity contribution in [1.29, 1.82) is 0 Å². The minimum atomic E-state index is -4.55. The van der Waals surface area contributed by atoms with E-state index in [-0.39, 0.29) is 19.1 Å². The molecule has 48 heavy (non-hydrogen) atoms. The number of aliphatic hydroxyl groups is 1. The molecule has 2 N–H and O–H groups in total. The van der Waals surface area contributed by atoms with Crippen molar-refractivity contribution in [2.75, 3.05) is 40.9 Å². The van der Waals surface area contributed by atoms with Crippen molar-refractivity contribution in [3.8, 4) is 0 Å². The average molecular weight is 705 g/mol. The summed E-state index contributed by atoms with van der Waals surface area (Å²) in [7, 11) is 1.31. The lowest BCUT2D eigenvalue weighted by Crippen LogP contribution is -2.46. The molecule has 0 saturated carbocycles. The number of nitrogens with one attached hydrogen (secondary N) is 1. The minimum Gasteiger partial charge on any atom is -0.756 e. The molecule has 8 nitrogen and oxygen atoms in total. The molecule has 0 rings (SSSR count). The second-order valence-corrected chi connectivity index (χ2v) is 16.8. The normalized spacial score (nSPS) is 14.6. The predicted octanol–water partition coefficient (Wildman–Crippen LogP) is 10.0. The van der Waals surface area contributed by atoms with Crippen LogP contribution >= 0.6 is 7.82 Å². The summed E-state index contributed by atoms with van der Waals surface area (Å²) in [5, 5.41) is 13.8. The molecule has 0 aromatic rings. The van der Waals surface area contributed by atoms with Crippen LogP contribution in [0.2, 0.25) is 0 Å². The van der Waals surface area contributed by atoms with Crippen molar-refractivity contribution < 1.29 is 32.9 Å². The molecule has 9 heteroatoms. The summed E-state index contributed by atoms with van der Waals surface area (Å²) >= 11 is 0. The number of aliphatic hydroxyl groups excluding tert-OH is 1. The van der Waals surface area contributed by atoms with Gasteiger partial charge < -0.3 is 28.8 Å². The maximum atomic E-state index is 12.8. The second-order valence-electron chi connectivity index (χ2n) is 15.4. The highest BCUT2D eigenvalue weighted by atomic mass is 31.2. The first-order chi connectivity index (χ1) is 23.0. The Labute approximate surface area is 298 Å². The van der Waals surface area contributed by atoms with Gasteiger partial charge in [-0.15, -0.1) is 0 Å². The monoisotopic (exact) mass is 705 g/mol. The number of unbranched alkanes of at least 4 members (excludes halogenated alkanes) is 24. The van der Waals surface area contributed by atoms with Gasteiger partial charge in [0.25, 0.3) is 7.82 Å². The van der Waals surface area contributed by atoms with E-state index in [4.69, 9.17) is 9.05 Å². The van der Waals surface area contributed by atoms with Crippen LogP contribution in [-0.4, -0.2) is 68.5 Å². The van der Waals surface area contributed by atoms with Crippen LogP contribution in [-0.2, 0) is 18.4 Å². The number of nitrogens with zero attached hydrogens (tertiary/aromatic N) is 1. The zero-order valence-electron chi connectivity index (χ0n) is 32.5. The van der Waals surface area contributed by atoms with Gasteiger partial charge in [-0.3, -0.25) is 9.36 Å². The van der Waals surface area contributed by atoms with Crippen molar-refractivity contribution in [2.24, 2.45) is 0 Å². The summed E-state index contributed by atoms with van der Waals surface area (Å²) in [6.45, 7) is 4.71. The number of hydrogen-bond donors (Lipinski definition) is 2. The minimum absolute atomic E-state index is 0.0157. The number of quaternary nitrogens is 1. The first-order valence-corrected chi connectivity index (χ1v) is 21.8. The van der Waals surface area contributed by atoms with Gasteiger partial charge in [-0.2, -0.15) is 0 Å². The maximum Gasteiger partial charge on any atom is 0.268 e. The summed E-state index contributed by atoms with van der Waals surface area (Å²) in [6.07, 6.45) is 32.4. The fraction of sp³-hybridized carbons (Fsp3) is 0.974. The zero-order valence-corrected chi connectivity index (χ0v) is 33.4. The van der Waals surface area contributed by atoms with Crippen molar-refractivity contribution >= 4 is 13.7 Å². The van der Waals surface area contributed by atoms with Gasteiger partial charge in [-0.1, -0.05) is 174 Å². The van der Waals surface area contributed by atoms with Crippen molar-refractivity contribution in [2.45, 2.75) is 206 Å². The lowest BCUT2D eigenvalue weighted by Gasteiger charge is -2.30. The van der Waals surface area contributed by atoms with E-state index in [0.29, 0.717) is 23.9 Å². The molecule has 0 aromatic heterocycles. The Hall–Kier alpha value is -0.500. The Bertz CT molecular complexity index is 763. The Balaban J connectivity index is 4.40. The molecule has 1 unspecified atom stereocenters. The third kappa shape index (κ3) is 34.0. The number of amides is 1. The van der Waals surface area contributed by atoms with E-state index in [1.165, 1.54) is 128 Å². The largest absolute Gasteiger partial charge is 0.756 e. The fourth-order valence-electron chi connectivity index (χ4n) is 6.04. The highest BCUT2D eigenvalue weighted by molar-refractivity contribution is 7.45. The molecule has 0 heterocycles. The second kappa shape index (κ2) is 32.4. The van der Waals surface area contributed by atoms with Gasteiger partial charge in [0.05, 0.1) is 39.9 Å². The van der Waals surface area contributed by atoms with Crippen LogP contribution in [0.5, 0.6) is 0 Å². The lowest BCUT2D eigenvalue weighted by molar-refractivity contribution is -0.870. The third-order valence-corrected chi connectivity index (χ3v) is 10.3. The van der Waals surface area contributed by atoms with E-state index in [0.717, 1.165) is 38.5 Å². The SMILES string of the molecule is CCCCCCCCCCCCCCCCC[C@@H](O)[C@H](COP(=O)([O-])OCC[N+](C)(C)C)NC(=O)CCCCCCCCCCCCC. The molecule has 0 fully saturated rings. The van der Waals surface area contributed by atoms with Crippen LogP contribution in [0.1, 0.15) is 194 Å². The van der Waals surface area contributed by atoms with Gasteiger partial charge in [0.1, 0.15) is 13.2 Å². The van der Waals surface area contributed by atoms with E-state index in [2.05, 4.69) is 19.2 Å². The summed E-state index contributed by atoms with van der Waals surface area (Å²) in [4.78, 5) is 25.2. The van der Waals surface area contributed by atoms with E-state index in [1.54, 1.807) is 0 Å². The van der Waals surface area contributed by atoms with Crippen molar-refractivity contribution in [3.05, 3.63) is 0 Å². The van der Waals surface area contributed by atoms with Crippen molar-refractivity contribution in [3.63, 3.8) is 0 Å². The Morgan fingerprint density at radius 2 is 1.02 bits per heavy atom. The smallest absolute Gasteiger partial charge is 0.268 e. The van der Waals surface area contributed by atoms with E-state index >= 15 is 0 Å². The molecule has 0 bridgehead atoms. The van der Waals surface area contributed by atoms with Crippen LogP contribution in [0, 0.1) is 0 Å². The average Bonchev–Trinajstić information content (AvgIpc) is 3.02. The topological polar surface area (TPSA) is 108 Å². The molecule has 0 aliphatic heterocycles. The number of carbonyl (C=O) groups excluding carboxylic acids is 1. The maximum absolute atomic E-state index is 12.8. The molecule has 3 atom stereocenters. The summed E-state index contributed by atoms with van der Waals surface area (Å²) in [5.74, 6) is -0.165. The van der Waals surface area contributed by atoms with Crippen LogP contribution in [0.4, 0.5) is 0 Å². The molecule has 0 aliphatic carbocycles. The fourth-order valence-corrected chi connectivity index (χ4v) is 6.76. The van der Waals surface area contributed by atoms with Crippen LogP contribution < -0.4 is 10.2 Å². The Kier molecular flexibility index (Phi) is 32.1.